The number of hydrogen-bond donors (Lipinski definition) is 0. The van der Waals surface area contributed by atoms with Crippen molar-refractivity contribution in [2.75, 3.05) is 13.3 Å². The lowest BCUT2D eigenvalue weighted by molar-refractivity contribution is 0.238. The van der Waals surface area contributed by atoms with E-state index < -0.39 is 9.04 Å². The molecule has 0 aromatic heterocycles. The first-order chi connectivity index (χ1) is 7.81. The molecule has 1 rings (SSSR count). The van der Waals surface area contributed by atoms with E-state index in [1.165, 1.54) is 0 Å². The van der Waals surface area contributed by atoms with E-state index >= 15 is 0 Å². The van der Waals surface area contributed by atoms with Crippen molar-refractivity contribution in [3.05, 3.63) is 36.4 Å². The molecule has 88 valence electrons. The summed E-state index contributed by atoms with van der Waals surface area (Å²) in [7, 11) is 0.462. The lowest BCUT2D eigenvalue weighted by Crippen LogP contribution is -2.28. The Bertz CT molecular complexity index is 319. The number of methoxy groups -OCH3 is 1. The van der Waals surface area contributed by atoms with Gasteiger partial charge in [-0.05, 0) is 12.1 Å². The quantitative estimate of drug-likeness (QED) is 0.678. The molecule has 0 N–H and O–H groups in total. The van der Waals surface area contributed by atoms with Crippen LogP contribution in [0.2, 0.25) is 6.04 Å². The molecule has 0 saturated carbocycles. The monoisotopic (exact) mass is 236 g/mol. The molecule has 0 heterocycles. The van der Waals surface area contributed by atoms with E-state index in [1.54, 1.807) is 7.11 Å². The van der Waals surface area contributed by atoms with Crippen molar-refractivity contribution < 1.29 is 9.16 Å². The summed E-state index contributed by atoms with van der Waals surface area (Å²) in [4.78, 5) is 0. The van der Waals surface area contributed by atoms with E-state index in [4.69, 9.17) is 9.16 Å². The third-order valence-electron chi connectivity index (χ3n) is 2.40. The predicted octanol–water partition coefficient (Wildman–Crippen LogP) is 3.03. The van der Waals surface area contributed by atoms with Crippen molar-refractivity contribution in [3.63, 3.8) is 0 Å². The molecular weight excluding hydrogens is 216 g/mol. The summed E-state index contributed by atoms with van der Waals surface area (Å²) in [6, 6.07) is 9.15. The minimum Gasteiger partial charge on any atom is -0.544 e. The first kappa shape index (κ1) is 13.0. The molecule has 1 atom stereocenters. The Morgan fingerprint density at radius 3 is 2.75 bits per heavy atom. The van der Waals surface area contributed by atoms with Gasteiger partial charge in [0.05, 0.1) is 6.23 Å². The van der Waals surface area contributed by atoms with Crippen LogP contribution in [0.4, 0.5) is 0 Å². The Balaban J connectivity index is 2.71. The molecule has 1 unspecified atom stereocenters. The molecule has 0 spiro atoms. The second kappa shape index (κ2) is 7.25. The molecular formula is C13H20O2Si. The third kappa shape index (κ3) is 3.83. The van der Waals surface area contributed by atoms with Gasteiger partial charge >= 0.3 is 0 Å². The van der Waals surface area contributed by atoms with Crippen molar-refractivity contribution in [2.24, 2.45) is 0 Å². The van der Waals surface area contributed by atoms with E-state index in [2.05, 4.69) is 13.5 Å². The molecule has 2 nitrogen and oxygen atoms in total. The number of ether oxygens (including phenoxy) is 1. The summed E-state index contributed by atoms with van der Waals surface area (Å²) < 4.78 is 11.3. The highest BCUT2D eigenvalue weighted by atomic mass is 28.3. The summed E-state index contributed by atoms with van der Waals surface area (Å²) in [6.07, 6.45) is 3.75. The summed E-state index contributed by atoms with van der Waals surface area (Å²) in [5, 5.41) is 0. The topological polar surface area (TPSA) is 18.5 Å². The second-order valence-electron chi connectivity index (χ2n) is 3.73. The van der Waals surface area contributed by atoms with Crippen molar-refractivity contribution in [2.45, 2.75) is 19.4 Å². The fourth-order valence-corrected chi connectivity index (χ4v) is 3.56. The Morgan fingerprint density at radius 1 is 1.38 bits per heavy atom. The predicted molar refractivity (Wildman–Crippen MR) is 71.3 cm³/mol. The largest absolute Gasteiger partial charge is 0.544 e. The summed E-state index contributed by atoms with van der Waals surface area (Å²) in [5.74, 6) is 0.944. The summed E-state index contributed by atoms with van der Waals surface area (Å²) >= 11 is 0. The van der Waals surface area contributed by atoms with Crippen LogP contribution >= 0.6 is 0 Å². The van der Waals surface area contributed by atoms with Crippen molar-refractivity contribution in [3.8, 4) is 5.75 Å². The van der Waals surface area contributed by atoms with Gasteiger partial charge in [0.15, 0.2) is 0 Å². The Hall–Kier alpha value is -1.06. The first-order valence-electron chi connectivity index (χ1n) is 5.68. The second-order valence-corrected chi connectivity index (χ2v) is 6.12. The number of para-hydroxylation sites is 1. The average Bonchev–Trinajstić information content (AvgIpc) is 2.30. The summed E-state index contributed by atoms with van der Waals surface area (Å²) in [5.41, 5.74) is 1.06. The van der Waals surface area contributed by atoms with Gasteiger partial charge in [-0.3, -0.25) is 0 Å². The van der Waals surface area contributed by atoms with Crippen LogP contribution in [0.15, 0.2) is 30.8 Å². The number of rotatable bonds is 7. The van der Waals surface area contributed by atoms with Crippen LogP contribution in [0.1, 0.15) is 18.9 Å². The van der Waals surface area contributed by atoms with Crippen molar-refractivity contribution >= 4 is 15.1 Å². The average molecular weight is 236 g/mol. The van der Waals surface area contributed by atoms with E-state index in [-0.39, 0.29) is 0 Å². The van der Waals surface area contributed by atoms with Crippen LogP contribution in [-0.2, 0) is 4.74 Å². The standard InChI is InChI=1S/C13H20O2Si/c1-4-10-16(11-14-3)15-13-9-7-6-8-12(13)5-2/h5-9,16H,2,4,10-11H2,1,3H3. The highest BCUT2D eigenvalue weighted by Gasteiger charge is 2.13. The van der Waals surface area contributed by atoms with E-state index in [1.807, 2.05) is 30.3 Å². The lowest BCUT2D eigenvalue weighted by Gasteiger charge is -2.17. The molecule has 0 aliphatic carbocycles. The van der Waals surface area contributed by atoms with Gasteiger partial charge in [-0.2, -0.15) is 0 Å². The van der Waals surface area contributed by atoms with Crippen LogP contribution in [-0.4, -0.2) is 22.4 Å². The Labute approximate surface area is 99.6 Å². The van der Waals surface area contributed by atoms with Crippen LogP contribution < -0.4 is 4.43 Å². The SMILES string of the molecule is C=Cc1ccccc1O[SiH](CCC)COC. The molecule has 0 amide bonds. The maximum absolute atomic E-state index is 6.06. The highest BCUT2D eigenvalue weighted by molar-refractivity contribution is 6.52. The van der Waals surface area contributed by atoms with E-state index in [0.29, 0.717) is 0 Å². The maximum Gasteiger partial charge on any atom is 0.260 e. The molecule has 1 aromatic carbocycles. The van der Waals surface area contributed by atoms with Crippen LogP contribution in [0.5, 0.6) is 5.75 Å². The zero-order chi connectivity index (χ0) is 11.8. The molecule has 0 bridgehead atoms. The van der Waals surface area contributed by atoms with Gasteiger partial charge in [-0.15, -0.1) is 0 Å². The van der Waals surface area contributed by atoms with Crippen molar-refractivity contribution in [1.82, 2.24) is 0 Å². The zero-order valence-corrected chi connectivity index (χ0v) is 11.3. The first-order valence-corrected chi connectivity index (χ1v) is 7.79. The van der Waals surface area contributed by atoms with Gasteiger partial charge in [0.1, 0.15) is 5.75 Å². The molecule has 0 fully saturated rings. The molecule has 0 radical (unpaired) electrons. The Kier molecular flexibility index (Phi) is 5.89. The number of benzene rings is 1. The fraction of sp³-hybridized carbons (Fsp3) is 0.385. The lowest BCUT2D eigenvalue weighted by atomic mass is 10.2. The smallest absolute Gasteiger partial charge is 0.260 e. The zero-order valence-electron chi connectivity index (χ0n) is 10.1. The molecule has 3 heteroatoms. The van der Waals surface area contributed by atoms with E-state index in [9.17, 15) is 0 Å². The molecule has 0 aliphatic heterocycles. The number of hydrogen-bond acceptors (Lipinski definition) is 2. The van der Waals surface area contributed by atoms with Gasteiger partial charge in [0.2, 0.25) is 0 Å². The van der Waals surface area contributed by atoms with Crippen LogP contribution in [0.25, 0.3) is 6.08 Å². The van der Waals surface area contributed by atoms with E-state index in [0.717, 1.165) is 30.0 Å². The molecule has 0 aliphatic rings. The minimum atomic E-state index is -1.27. The van der Waals surface area contributed by atoms with Crippen LogP contribution in [0.3, 0.4) is 0 Å². The highest BCUT2D eigenvalue weighted by Crippen LogP contribution is 2.20. The molecule has 16 heavy (non-hydrogen) atoms. The maximum atomic E-state index is 6.06. The van der Waals surface area contributed by atoms with Crippen LogP contribution in [0, 0.1) is 0 Å². The molecule has 0 saturated heterocycles. The summed E-state index contributed by atoms with van der Waals surface area (Å²) in [6.45, 7) is 5.97. The third-order valence-corrected chi connectivity index (χ3v) is 4.91. The Morgan fingerprint density at radius 2 is 2.12 bits per heavy atom. The van der Waals surface area contributed by atoms with Gasteiger partial charge in [0.25, 0.3) is 9.04 Å². The van der Waals surface area contributed by atoms with Gasteiger partial charge in [-0.25, -0.2) is 0 Å². The van der Waals surface area contributed by atoms with Gasteiger partial charge in [-0.1, -0.05) is 44.2 Å². The fourth-order valence-electron chi connectivity index (χ4n) is 1.62. The van der Waals surface area contributed by atoms with Gasteiger partial charge in [0, 0.05) is 12.7 Å². The van der Waals surface area contributed by atoms with Gasteiger partial charge < -0.3 is 9.16 Å². The van der Waals surface area contributed by atoms with Crippen molar-refractivity contribution in [1.29, 1.82) is 0 Å². The normalized spacial score (nSPS) is 12.1. The minimum absolute atomic E-state index is 0.763. The molecule has 1 aromatic rings.